The summed E-state index contributed by atoms with van der Waals surface area (Å²) in [6.45, 7) is 2.75. The van der Waals surface area contributed by atoms with Crippen LogP contribution in [0.25, 0.3) is 0 Å². The summed E-state index contributed by atoms with van der Waals surface area (Å²) in [6.07, 6.45) is 2.07. The van der Waals surface area contributed by atoms with Gasteiger partial charge in [-0.2, -0.15) is 0 Å². The second kappa shape index (κ2) is 6.83. The van der Waals surface area contributed by atoms with Crippen LogP contribution in [0, 0.1) is 0 Å². The Labute approximate surface area is 103 Å². The van der Waals surface area contributed by atoms with Crippen molar-refractivity contribution in [2.24, 2.45) is 0 Å². The molecule has 1 aromatic rings. The number of carbonyl (C=O) groups excluding carboxylic acids is 1. The number of ether oxygens (including phenoxy) is 1. The molecule has 1 amide bonds. The van der Waals surface area contributed by atoms with Gasteiger partial charge in [-0.05, 0) is 18.6 Å². The topological polar surface area (TPSA) is 47.6 Å². The molecule has 0 aliphatic heterocycles. The third-order valence-electron chi connectivity index (χ3n) is 2.37. The molecule has 1 N–H and O–H groups in total. The van der Waals surface area contributed by atoms with E-state index in [1.54, 1.807) is 33.3 Å². The Morgan fingerprint density at radius 2 is 2.06 bits per heavy atom. The van der Waals surface area contributed by atoms with Gasteiger partial charge in [-0.3, -0.25) is 4.79 Å². The Balaban J connectivity index is 2.85. The van der Waals surface area contributed by atoms with Crippen LogP contribution in [-0.4, -0.2) is 27.6 Å². The third-order valence-corrected chi connectivity index (χ3v) is 2.37. The summed E-state index contributed by atoms with van der Waals surface area (Å²) in [6, 6.07) is 5.19. The quantitative estimate of drug-likeness (QED) is 0.594. The number of nitrogens with one attached hydrogen (secondary N) is 1. The molecule has 1 aromatic carbocycles. The van der Waals surface area contributed by atoms with E-state index in [2.05, 4.69) is 12.2 Å². The van der Waals surface area contributed by atoms with E-state index < -0.39 is 0 Å². The molecule has 0 radical (unpaired) electrons. The zero-order chi connectivity index (χ0) is 12.7. The van der Waals surface area contributed by atoms with E-state index in [1.807, 2.05) is 0 Å². The number of hydrogen-bond acceptors (Lipinski definition) is 3. The minimum atomic E-state index is -0.149. The number of rotatable bonds is 6. The van der Waals surface area contributed by atoms with Crippen LogP contribution in [0.5, 0.6) is 11.5 Å². The highest BCUT2D eigenvalue weighted by molar-refractivity contribution is 6.00. The van der Waals surface area contributed by atoms with Gasteiger partial charge in [0.25, 0.3) is 5.91 Å². The predicted molar refractivity (Wildman–Crippen MR) is 69.4 cm³/mol. The third kappa shape index (κ3) is 4.02. The standard InChI is InChI=1S/C12H18BNO3/c1-3-4-5-16-10-6-9(12(15)14-2)7-11(8-10)17-13/h6-8H,3-5,13H2,1-2H3,(H,14,15). The van der Waals surface area contributed by atoms with Crippen LogP contribution < -0.4 is 14.7 Å². The van der Waals surface area contributed by atoms with Gasteiger partial charge in [0.1, 0.15) is 11.5 Å². The summed E-state index contributed by atoms with van der Waals surface area (Å²) in [7, 11) is 3.16. The van der Waals surface area contributed by atoms with Gasteiger partial charge in [-0.15, -0.1) is 0 Å². The molecule has 0 aromatic heterocycles. The fourth-order valence-electron chi connectivity index (χ4n) is 1.38. The number of benzene rings is 1. The molecule has 0 aliphatic rings. The first-order chi connectivity index (χ1) is 8.21. The number of hydrogen-bond donors (Lipinski definition) is 1. The normalized spacial score (nSPS) is 9.76. The first-order valence-electron chi connectivity index (χ1n) is 5.75. The molecular formula is C12H18BNO3. The number of amides is 1. The largest absolute Gasteiger partial charge is 0.568 e. The van der Waals surface area contributed by atoms with E-state index >= 15 is 0 Å². The lowest BCUT2D eigenvalue weighted by molar-refractivity contribution is 0.0962. The van der Waals surface area contributed by atoms with Crippen LogP contribution in [0.4, 0.5) is 0 Å². The van der Waals surface area contributed by atoms with Gasteiger partial charge in [-0.1, -0.05) is 13.3 Å². The van der Waals surface area contributed by atoms with E-state index in [0.29, 0.717) is 23.7 Å². The molecule has 0 spiro atoms. The van der Waals surface area contributed by atoms with Crippen molar-refractivity contribution < 1.29 is 14.2 Å². The zero-order valence-corrected chi connectivity index (χ0v) is 10.6. The molecule has 4 nitrogen and oxygen atoms in total. The molecule has 1 rings (SSSR count). The minimum Gasteiger partial charge on any atom is -0.568 e. The Morgan fingerprint density at radius 3 is 2.65 bits per heavy atom. The van der Waals surface area contributed by atoms with Crippen molar-refractivity contribution in [3.63, 3.8) is 0 Å². The lowest BCUT2D eigenvalue weighted by Gasteiger charge is -2.10. The Hall–Kier alpha value is -1.65. The van der Waals surface area contributed by atoms with Gasteiger partial charge in [-0.25, -0.2) is 0 Å². The average Bonchev–Trinajstić information content (AvgIpc) is 2.37. The molecular weight excluding hydrogens is 217 g/mol. The van der Waals surface area contributed by atoms with Gasteiger partial charge in [0, 0.05) is 18.7 Å². The Morgan fingerprint density at radius 1 is 1.35 bits per heavy atom. The smallest absolute Gasteiger partial charge is 0.322 e. The maximum atomic E-state index is 11.5. The highest BCUT2D eigenvalue weighted by Gasteiger charge is 2.08. The first-order valence-corrected chi connectivity index (χ1v) is 5.75. The molecule has 92 valence electrons. The van der Waals surface area contributed by atoms with Gasteiger partial charge in [0.2, 0.25) is 0 Å². The highest BCUT2D eigenvalue weighted by atomic mass is 16.5. The molecule has 0 fully saturated rings. The second-order valence-corrected chi connectivity index (χ2v) is 3.68. The second-order valence-electron chi connectivity index (χ2n) is 3.68. The SMILES string of the molecule is BOc1cc(OCCCC)cc(C(=O)NC)c1. The van der Waals surface area contributed by atoms with Crippen LogP contribution in [0.15, 0.2) is 18.2 Å². The summed E-state index contributed by atoms with van der Waals surface area (Å²) in [4.78, 5) is 11.5. The Bertz CT molecular complexity index is 382. The molecule has 0 saturated carbocycles. The van der Waals surface area contributed by atoms with Crippen LogP contribution in [0.2, 0.25) is 0 Å². The molecule has 0 saturated heterocycles. The van der Waals surface area contributed by atoms with Gasteiger partial charge in [0.05, 0.1) is 6.61 Å². The molecule has 0 bridgehead atoms. The van der Waals surface area contributed by atoms with Crippen LogP contribution >= 0.6 is 0 Å². The molecule has 0 heterocycles. The highest BCUT2D eigenvalue weighted by Crippen LogP contribution is 2.22. The van der Waals surface area contributed by atoms with E-state index in [0.717, 1.165) is 12.8 Å². The van der Waals surface area contributed by atoms with Crippen LogP contribution in [0.3, 0.4) is 0 Å². The van der Waals surface area contributed by atoms with E-state index in [1.165, 1.54) is 0 Å². The summed E-state index contributed by atoms with van der Waals surface area (Å²) in [5, 5.41) is 2.58. The fraction of sp³-hybridized carbons (Fsp3) is 0.417. The first kappa shape index (κ1) is 13.4. The van der Waals surface area contributed by atoms with E-state index in [4.69, 9.17) is 9.39 Å². The van der Waals surface area contributed by atoms with Gasteiger partial charge < -0.3 is 14.7 Å². The predicted octanol–water partition coefficient (Wildman–Crippen LogP) is 1.15. The Kier molecular flexibility index (Phi) is 5.40. The van der Waals surface area contributed by atoms with Gasteiger partial charge in [0.15, 0.2) is 0 Å². The summed E-state index contributed by atoms with van der Waals surface area (Å²) in [5.74, 6) is 1.14. The maximum absolute atomic E-state index is 11.5. The monoisotopic (exact) mass is 235 g/mol. The van der Waals surface area contributed by atoms with Gasteiger partial charge >= 0.3 is 8.05 Å². The van der Waals surface area contributed by atoms with Crippen molar-refractivity contribution in [1.82, 2.24) is 5.32 Å². The van der Waals surface area contributed by atoms with Crippen LogP contribution in [-0.2, 0) is 0 Å². The lowest BCUT2D eigenvalue weighted by atomic mass is 10.2. The molecule has 17 heavy (non-hydrogen) atoms. The van der Waals surface area contributed by atoms with Crippen molar-refractivity contribution in [2.45, 2.75) is 19.8 Å². The van der Waals surface area contributed by atoms with E-state index in [9.17, 15) is 4.79 Å². The molecule has 0 unspecified atom stereocenters. The molecule has 0 atom stereocenters. The lowest BCUT2D eigenvalue weighted by Crippen LogP contribution is -2.17. The van der Waals surface area contributed by atoms with E-state index in [-0.39, 0.29) is 5.91 Å². The van der Waals surface area contributed by atoms with Crippen molar-refractivity contribution in [3.8, 4) is 11.5 Å². The van der Waals surface area contributed by atoms with Crippen LogP contribution in [0.1, 0.15) is 30.1 Å². The number of unbranched alkanes of at least 4 members (excludes halogenated alkanes) is 1. The van der Waals surface area contributed by atoms with Crippen molar-refractivity contribution in [2.75, 3.05) is 13.7 Å². The summed E-state index contributed by atoms with van der Waals surface area (Å²) >= 11 is 0. The summed E-state index contributed by atoms with van der Waals surface area (Å²) in [5.41, 5.74) is 0.540. The van der Waals surface area contributed by atoms with Crippen molar-refractivity contribution in [3.05, 3.63) is 23.8 Å². The number of carbonyl (C=O) groups is 1. The fourth-order valence-corrected chi connectivity index (χ4v) is 1.38. The maximum Gasteiger partial charge on any atom is 0.322 e. The van der Waals surface area contributed by atoms with Crippen molar-refractivity contribution in [1.29, 1.82) is 0 Å². The summed E-state index contributed by atoms with van der Waals surface area (Å²) < 4.78 is 10.7. The minimum absolute atomic E-state index is 0.149. The molecule has 0 aliphatic carbocycles. The molecule has 5 heteroatoms. The average molecular weight is 235 g/mol. The zero-order valence-electron chi connectivity index (χ0n) is 10.6. The van der Waals surface area contributed by atoms with Crippen molar-refractivity contribution >= 4 is 14.0 Å².